The van der Waals surface area contributed by atoms with Crippen molar-refractivity contribution in [3.05, 3.63) is 65.5 Å². The van der Waals surface area contributed by atoms with E-state index in [-0.39, 0.29) is 18.1 Å². The minimum atomic E-state index is -1.25. The second-order valence-electron chi connectivity index (χ2n) is 5.58. The molecule has 1 unspecified atom stereocenters. The number of ether oxygens (including phenoxy) is 1. The Bertz CT molecular complexity index is 935. The van der Waals surface area contributed by atoms with Crippen LogP contribution in [-0.4, -0.2) is 26.1 Å². The number of hydrogen-bond donors (Lipinski definition) is 0. The van der Waals surface area contributed by atoms with Gasteiger partial charge in [0.05, 0.1) is 21.3 Å². The van der Waals surface area contributed by atoms with Gasteiger partial charge in [0, 0.05) is 11.3 Å². The molecule has 0 radical (unpaired) electrons. The highest BCUT2D eigenvalue weighted by atomic mass is 32.2. The molecule has 0 aliphatic carbocycles. The fourth-order valence-electron chi connectivity index (χ4n) is 2.33. The Labute approximate surface area is 153 Å². The van der Waals surface area contributed by atoms with Crippen LogP contribution in [0.3, 0.4) is 0 Å². The van der Waals surface area contributed by atoms with E-state index in [1.165, 1.54) is 0 Å². The molecule has 2 aromatic carbocycles. The number of aryl methyl sites for hydroxylation is 1. The molecule has 3 rings (SSSR count). The lowest BCUT2D eigenvalue weighted by atomic mass is 10.1. The van der Waals surface area contributed by atoms with Crippen molar-refractivity contribution < 1.29 is 18.3 Å². The van der Waals surface area contributed by atoms with E-state index >= 15 is 0 Å². The third kappa shape index (κ3) is 4.05. The van der Waals surface area contributed by atoms with E-state index in [1.54, 1.807) is 31.2 Å². The first-order valence-electron chi connectivity index (χ1n) is 8.12. The van der Waals surface area contributed by atoms with Gasteiger partial charge in [0.25, 0.3) is 5.89 Å². The normalized spacial score (nSPS) is 11.9. The third-order valence-corrected chi connectivity index (χ3v) is 5.09. The Balaban J connectivity index is 1.69. The predicted molar refractivity (Wildman–Crippen MR) is 97.0 cm³/mol. The van der Waals surface area contributed by atoms with Crippen molar-refractivity contribution in [2.45, 2.75) is 25.3 Å². The van der Waals surface area contributed by atoms with Crippen molar-refractivity contribution in [3.63, 3.8) is 0 Å². The molecule has 134 valence electrons. The summed E-state index contributed by atoms with van der Waals surface area (Å²) in [5.74, 6) is 0.484. The van der Waals surface area contributed by atoms with Gasteiger partial charge < -0.3 is 9.26 Å². The largest absolute Gasteiger partial charge is 0.452 e. The molecule has 0 saturated heterocycles. The van der Waals surface area contributed by atoms with Crippen LogP contribution >= 0.6 is 0 Å². The first kappa shape index (κ1) is 18.0. The molecule has 0 amide bonds. The first-order valence-corrected chi connectivity index (χ1v) is 9.44. The van der Waals surface area contributed by atoms with E-state index in [0.717, 1.165) is 11.1 Å². The zero-order valence-electron chi connectivity index (χ0n) is 14.5. The summed E-state index contributed by atoms with van der Waals surface area (Å²) in [6.45, 7) is 3.64. The first-order chi connectivity index (χ1) is 12.6. The quantitative estimate of drug-likeness (QED) is 0.617. The van der Waals surface area contributed by atoms with Gasteiger partial charge in [-0.15, -0.1) is 0 Å². The number of benzene rings is 2. The number of nitrogens with zero attached hydrogens (tertiary/aromatic N) is 2. The van der Waals surface area contributed by atoms with Crippen molar-refractivity contribution in [3.8, 4) is 11.4 Å². The van der Waals surface area contributed by atoms with E-state index in [1.807, 2.05) is 31.2 Å². The molecule has 0 bridgehead atoms. The molecule has 0 aliphatic rings. The fraction of sp³-hybridized carbons (Fsp3) is 0.211. The molecule has 7 heteroatoms. The Morgan fingerprint density at radius 1 is 1.15 bits per heavy atom. The zero-order valence-corrected chi connectivity index (χ0v) is 15.3. The highest BCUT2D eigenvalue weighted by Gasteiger charge is 2.17. The summed E-state index contributed by atoms with van der Waals surface area (Å²) in [4.78, 5) is 17.0. The molecule has 6 nitrogen and oxygen atoms in total. The maximum Gasteiger partial charge on any atom is 0.339 e. The molecule has 0 saturated carbocycles. The lowest BCUT2D eigenvalue weighted by molar-refractivity contribution is 0.0425. The Morgan fingerprint density at radius 2 is 1.88 bits per heavy atom. The molecule has 26 heavy (non-hydrogen) atoms. The fourth-order valence-corrected chi connectivity index (χ4v) is 3.27. The van der Waals surface area contributed by atoms with Gasteiger partial charge >= 0.3 is 5.97 Å². The highest BCUT2D eigenvalue weighted by molar-refractivity contribution is 7.85. The maximum absolute atomic E-state index is 12.3. The van der Waals surface area contributed by atoms with Crippen molar-refractivity contribution in [1.82, 2.24) is 10.1 Å². The van der Waals surface area contributed by atoms with Crippen molar-refractivity contribution >= 4 is 16.8 Å². The summed E-state index contributed by atoms with van der Waals surface area (Å²) in [6, 6.07) is 14.4. The lowest BCUT2D eigenvalue weighted by Crippen LogP contribution is -2.10. The predicted octanol–water partition coefficient (Wildman–Crippen LogP) is 3.53. The van der Waals surface area contributed by atoms with Crippen LogP contribution in [-0.2, 0) is 22.1 Å². The molecule has 1 aromatic heterocycles. The summed E-state index contributed by atoms with van der Waals surface area (Å²) < 4.78 is 22.4. The van der Waals surface area contributed by atoms with Crippen LogP contribution in [0.15, 0.2) is 57.9 Å². The second-order valence-corrected chi connectivity index (χ2v) is 7.29. The van der Waals surface area contributed by atoms with Gasteiger partial charge in [0.2, 0.25) is 5.82 Å². The number of rotatable bonds is 6. The van der Waals surface area contributed by atoms with Gasteiger partial charge in [-0.1, -0.05) is 54.0 Å². The van der Waals surface area contributed by atoms with Gasteiger partial charge in [-0.25, -0.2) is 4.79 Å². The van der Waals surface area contributed by atoms with Crippen molar-refractivity contribution in [2.24, 2.45) is 0 Å². The molecule has 0 aliphatic heterocycles. The molecule has 1 atom stereocenters. The molecule has 1 heterocycles. The van der Waals surface area contributed by atoms with Crippen LogP contribution in [0.2, 0.25) is 0 Å². The van der Waals surface area contributed by atoms with Crippen LogP contribution < -0.4 is 0 Å². The average Bonchev–Trinajstić information content (AvgIpc) is 3.15. The number of carbonyl (C=O) groups is 1. The monoisotopic (exact) mass is 370 g/mol. The Morgan fingerprint density at radius 3 is 2.62 bits per heavy atom. The summed E-state index contributed by atoms with van der Waals surface area (Å²) in [7, 11) is -1.25. The van der Waals surface area contributed by atoms with Gasteiger partial charge in [-0.05, 0) is 19.1 Å². The number of carbonyl (C=O) groups excluding carboxylic acids is 1. The topological polar surface area (TPSA) is 82.3 Å². The molecular weight excluding hydrogens is 352 g/mol. The van der Waals surface area contributed by atoms with Crippen molar-refractivity contribution in [2.75, 3.05) is 5.75 Å². The molecule has 0 spiro atoms. The SMILES string of the molecule is CCS(=O)c1ccccc1C(=O)OCc1nc(-c2ccc(C)cc2)no1. The number of esters is 1. The van der Waals surface area contributed by atoms with Crippen LogP contribution in [0, 0.1) is 6.92 Å². The minimum absolute atomic E-state index is 0.148. The summed E-state index contributed by atoms with van der Waals surface area (Å²) in [5, 5.41) is 3.90. The zero-order chi connectivity index (χ0) is 18.5. The van der Waals surface area contributed by atoms with E-state index in [2.05, 4.69) is 10.1 Å². The smallest absolute Gasteiger partial charge is 0.339 e. The Kier molecular flexibility index (Phi) is 5.58. The number of aromatic nitrogens is 2. The van der Waals surface area contributed by atoms with Crippen LogP contribution in [0.25, 0.3) is 11.4 Å². The third-order valence-electron chi connectivity index (χ3n) is 3.72. The van der Waals surface area contributed by atoms with Gasteiger partial charge in [0.1, 0.15) is 0 Å². The van der Waals surface area contributed by atoms with Crippen LogP contribution in [0.5, 0.6) is 0 Å². The minimum Gasteiger partial charge on any atom is -0.452 e. The standard InChI is InChI=1S/C19H18N2O4S/c1-3-26(23)16-7-5-4-6-15(16)19(22)24-12-17-20-18(21-25-17)14-10-8-13(2)9-11-14/h4-11H,3,12H2,1-2H3. The highest BCUT2D eigenvalue weighted by Crippen LogP contribution is 2.18. The second kappa shape index (κ2) is 8.05. The Hall–Kier alpha value is -2.80. The summed E-state index contributed by atoms with van der Waals surface area (Å²) in [6.07, 6.45) is 0. The average molecular weight is 370 g/mol. The van der Waals surface area contributed by atoms with Crippen LogP contribution in [0.1, 0.15) is 28.7 Å². The van der Waals surface area contributed by atoms with E-state index < -0.39 is 16.8 Å². The van der Waals surface area contributed by atoms with Gasteiger partial charge in [-0.3, -0.25) is 4.21 Å². The maximum atomic E-state index is 12.3. The van der Waals surface area contributed by atoms with Crippen LogP contribution in [0.4, 0.5) is 0 Å². The molecular formula is C19H18N2O4S. The summed E-state index contributed by atoms with van der Waals surface area (Å²) >= 11 is 0. The van der Waals surface area contributed by atoms with E-state index in [4.69, 9.17) is 9.26 Å². The van der Waals surface area contributed by atoms with E-state index in [9.17, 15) is 9.00 Å². The summed E-state index contributed by atoms with van der Waals surface area (Å²) in [5.41, 5.74) is 2.24. The van der Waals surface area contributed by atoms with Gasteiger partial charge in [-0.2, -0.15) is 4.98 Å². The van der Waals surface area contributed by atoms with Crippen molar-refractivity contribution in [1.29, 1.82) is 0 Å². The molecule has 3 aromatic rings. The number of hydrogen-bond acceptors (Lipinski definition) is 6. The molecule has 0 fully saturated rings. The lowest BCUT2D eigenvalue weighted by Gasteiger charge is -2.07. The molecule has 0 N–H and O–H groups in total. The van der Waals surface area contributed by atoms with Gasteiger partial charge in [0.15, 0.2) is 6.61 Å². The van der Waals surface area contributed by atoms with E-state index in [0.29, 0.717) is 16.5 Å².